The predicted octanol–water partition coefficient (Wildman–Crippen LogP) is 2.47. The second-order valence-electron chi connectivity index (χ2n) is 3.32. The zero-order valence-electron chi connectivity index (χ0n) is 9.38. The van der Waals surface area contributed by atoms with E-state index in [-0.39, 0.29) is 25.0 Å². The molecule has 1 rings (SSSR count). The van der Waals surface area contributed by atoms with Crippen molar-refractivity contribution in [2.24, 2.45) is 5.73 Å². The molecule has 0 aliphatic carbocycles. The number of rotatable bonds is 6. The molecular formula is C11H14BrF2NO2. The number of nitrogens with two attached hydrogens (primary N) is 1. The van der Waals surface area contributed by atoms with Crippen molar-refractivity contribution in [1.82, 2.24) is 0 Å². The lowest BCUT2D eigenvalue weighted by Gasteiger charge is -2.16. The topological polar surface area (TPSA) is 44.5 Å². The first-order valence-electron chi connectivity index (χ1n) is 5.17. The average molecular weight is 310 g/mol. The third-order valence-corrected chi connectivity index (χ3v) is 2.51. The molecule has 0 aromatic heterocycles. The van der Waals surface area contributed by atoms with E-state index in [9.17, 15) is 8.78 Å². The summed E-state index contributed by atoms with van der Waals surface area (Å²) in [5.41, 5.74) is 5.44. The minimum atomic E-state index is -1.01. The van der Waals surface area contributed by atoms with Crippen molar-refractivity contribution < 1.29 is 18.3 Å². The highest BCUT2D eigenvalue weighted by molar-refractivity contribution is 9.10. The summed E-state index contributed by atoms with van der Waals surface area (Å²) in [7, 11) is 0. The van der Waals surface area contributed by atoms with Gasteiger partial charge >= 0.3 is 0 Å². The molecule has 0 fully saturated rings. The van der Waals surface area contributed by atoms with E-state index < -0.39 is 11.6 Å². The Labute approximate surface area is 107 Å². The van der Waals surface area contributed by atoms with Crippen LogP contribution in [0.15, 0.2) is 16.6 Å². The molecule has 3 nitrogen and oxygen atoms in total. The summed E-state index contributed by atoms with van der Waals surface area (Å²) >= 11 is 3.06. The standard InChI is InChI=1S/C11H14BrF2NO2/c1-2-16-8(5-15)6-17-10-4-7(12)3-9(13)11(10)14/h3-4,8H,2,5-6,15H2,1H3. The largest absolute Gasteiger partial charge is 0.488 e. The SMILES string of the molecule is CCOC(CN)COc1cc(Br)cc(F)c1F. The van der Waals surface area contributed by atoms with Crippen molar-refractivity contribution >= 4 is 15.9 Å². The molecule has 0 amide bonds. The van der Waals surface area contributed by atoms with Gasteiger partial charge in [-0.2, -0.15) is 4.39 Å². The molecule has 1 aromatic carbocycles. The Morgan fingerprint density at radius 2 is 2.12 bits per heavy atom. The van der Waals surface area contributed by atoms with Gasteiger partial charge in [-0.1, -0.05) is 15.9 Å². The molecule has 0 heterocycles. The molecule has 1 atom stereocenters. The van der Waals surface area contributed by atoms with Gasteiger partial charge in [0.15, 0.2) is 11.6 Å². The van der Waals surface area contributed by atoms with Crippen LogP contribution in [0.4, 0.5) is 8.78 Å². The molecule has 0 saturated heterocycles. The Bertz CT molecular complexity index is 377. The summed E-state index contributed by atoms with van der Waals surface area (Å²) in [6.07, 6.45) is -0.332. The number of hydrogen-bond donors (Lipinski definition) is 1. The van der Waals surface area contributed by atoms with E-state index in [0.29, 0.717) is 11.1 Å². The zero-order valence-corrected chi connectivity index (χ0v) is 11.0. The van der Waals surface area contributed by atoms with Gasteiger partial charge in [-0.25, -0.2) is 4.39 Å². The van der Waals surface area contributed by atoms with Crippen LogP contribution in [-0.4, -0.2) is 25.9 Å². The first-order chi connectivity index (χ1) is 8.08. The summed E-state index contributed by atoms with van der Waals surface area (Å²) in [4.78, 5) is 0. The second-order valence-corrected chi connectivity index (χ2v) is 4.24. The Morgan fingerprint density at radius 3 is 2.71 bits per heavy atom. The van der Waals surface area contributed by atoms with Crippen molar-refractivity contribution in [2.75, 3.05) is 19.8 Å². The fourth-order valence-corrected chi connectivity index (χ4v) is 1.65. The van der Waals surface area contributed by atoms with Gasteiger partial charge in [-0.3, -0.25) is 0 Å². The highest BCUT2D eigenvalue weighted by atomic mass is 79.9. The van der Waals surface area contributed by atoms with Crippen LogP contribution in [0.3, 0.4) is 0 Å². The normalized spacial score (nSPS) is 12.5. The molecule has 17 heavy (non-hydrogen) atoms. The van der Waals surface area contributed by atoms with Crippen molar-refractivity contribution in [1.29, 1.82) is 0 Å². The highest BCUT2D eigenvalue weighted by Gasteiger charge is 2.13. The molecule has 1 aromatic rings. The van der Waals surface area contributed by atoms with Gasteiger partial charge in [-0.15, -0.1) is 0 Å². The van der Waals surface area contributed by atoms with E-state index in [1.165, 1.54) is 6.07 Å². The maximum Gasteiger partial charge on any atom is 0.200 e. The maximum absolute atomic E-state index is 13.3. The quantitative estimate of drug-likeness (QED) is 0.821. The zero-order chi connectivity index (χ0) is 12.8. The van der Waals surface area contributed by atoms with Gasteiger partial charge in [0, 0.05) is 17.6 Å². The summed E-state index contributed by atoms with van der Waals surface area (Å²) < 4.78 is 37.2. The summed E-state index contributed by atoms with van der Waals surface area (Å²) in [5, 5.41) is 0. The Morgan fingerprint density at radius 1 is 1.41 bits per heavy atom. The van der Waals surface area contributed by atoms with Crippen LogP contribution in [-0.2, 0) is 4.74 Å². The van der Waals surface area contributed by atoms with E-state index in [0.717, 1.165) is 6.07 Å². The molecule has 6 heteroatoms. The lowest BCUT2D eigenvalue weighted by molar-refractivity contribution is 0.0325. The Hall–Kier alpha value is -0.720. The number of benzene rings is 1. The third-order valence-electron chi connectivity index (χ3n) is 2.05. The first-order valence-corrected chi connectivity index (χ1v) is 5.96. The predicted molar refractivity (Wildman–Crippen MR) is 64.0 cm³/mol. The van der Waals surface area contributed by atoms with Crippen LogP contribution in [0.1, 0.15) is 6.92 Å². The van der Waals surface area contributed by atoms with Gasteiger partial charge < -0.3 is 15.2 Å². The molecule has 0 saturated carbocycles. The minimum Gasteiger partial charge on any atom is -0.488 e. The molecule has 1 unspecified atom stereocenters. The molecular weight excluding hydrogens is 296 g/mol. The average Bonchev–Trinajstić information content (AvgIpc) is 2.30. The molecule has 0 radical (unpaired) electrons. The molecule has 0 bridgehead atoms. The van der Waals surface area contributed by atoms with Crippen molar-refractivity contribution in [3.05, 3.63) is 28.2 Å². The fourth-order valence-electron chi connectivity index (χ4n) is 1.24. The summed E-state index contributed by atoms with van der Waals surface area (Å²) in [6.45, 7) is 2.64. The third kappa shape index (κ3) is 4.22. The van der Waals surface area contributed by atoms with E-state index in [1.54, 1.807) is 0 Å². The van der Waals surface area contributed by atoms with Crippen molar-refractivity contribution in [3.8, 4) is 5.75 Å². The van der Waals surface area contributed by atoms with Crippen LogP contribution in [0.5, 0.6) is 5.75 Å². The maximum atomic E-state index is 13.3. The van der Waals surface area contributed by atoms with Gasteiger partial charge in [0.1, 0.15) is 12.7 Å². The molecule has 0 spiro atoms. The van der Waals surface area contributed by atoms with Crippen LogP contribution in [0.25, 0.3) is 0 Å². The van der Waals surface area contributed by atoms with E-state index >= 15 is 0 Å². The summed E-state index contributed by atoms with van der Waals surface area (Å²) in [5.74, 6) is -2.13. The Kier molecular flexibility index (Phi) is 5.80. The highest BCUT2D eigenvalue weighted by Crippen LogP contribution is 2.25. The van der Waals surface area contributed by atoms with Crippen molar-refractivity contribution in [2.45, 2.75) is 13.0 Å². The first kappa shape index (κ1) is 14.3. The van der Waals surface area contributed by atoms with Gasteiger partial charge in [0.25, 0.3) is 0 Å². The van der Waals surface area contributed by atoms with Crippen molar-refractivity contribution in [3.63, 3.8) is 0 Å². The monoisotopic (exact) mass is 309 g/mol. The van der Waals surface area contributed by atoms with Gasteiger partial charge in [0.05, 0.1) is 0 Å². The summed E-state index contributed by atoms with van der Waals surface area (Å²) in [6, 6.07) is 2.39. The van der Waals surface area contributed by atoms with E-state index in [1.807, 2.05) is 6.92 Å². The number of halogens is 3. The van der Waals surface area contributed by atoms with Crippen LogP contribution in [0, 0.1) is 11.6 Å². The van der Waals surface area contributed by atoms with E-state index in [4.69, 9.17) is 15.2 Å². The lowest BCUT2D eigenvalue weighted by atomic mass is 10.3. The molecule has 0 aliphatic rings. The van der Waals surface area contributed by atoms with Crippen LogP contribution >= 0.6 is 15.9 Å². The molecule has 96 valence electrons. The molecule has 2 N–H and O–H groups in total. The second kappa shape index (κ2) is 6.88. The Balaban J connectivity index is 2.68. The van der Waals surface area contributed by atoms with Crippen LogP contribution < -0.4 is 10.5 Å². The smallest absolute Gasteiger partial charge is 0.200 e. The molecule has 0 aliphatic heterocycles. The number of hydrogen-bond acceptors (Lipinski definition) is 3. The number of ether oxygens (including phenoxy) is 2. The van der Waals surface area contributed by atoms with Gasteiger partial charge in [-0.05, 0) is 19.1 Å². The van der Waals surface area contributed by atoms with Gasteiger partial charge in [0.2, 0.25) is 5.82 Å². The minimum absolute atomic E-state index is 0.0805. The fraction of sp³-hybridized carbons (Fsp3) is 0.455. The van der Waals surface area contributed by atoms with E-state index in [2.05, 4.69) is 15.9 Å². The van der Waals surface area contributed by atoms with Crippen LogP contribution in [0.2, 0.25) is 0 Å². The lowest BCUT2D eigenvalue weighted by Crippen LogP contribution is -2.30.